The van der Waals surface area contributed by atoms with E-state index in [1.165, 1.54) is 6.20 Å². The largest absolute Gasteiger partial charge is 0.477 e. The number of hydrogen-bond acceptors (Lipinski definition) is 3. The number of carbonyl (C=O) groups excluding carboxylic acids is 1. The van der Waals surface area contributed by atoms with Crippen LogP contribution in [0.15, 0.2) is 35.3 Å². The van der Waals surface area contributed by atoms with Crippen LogP contribution >= 0.6 is 0 Å². The highest BCUT2D eigenvalue weighted by molar-refractivity contribution is 5.92. The summed E-state index contributed by atoms with van der Waals surface area (Å²) in [5.74, 6) is -1.26. The number of pyridine rings is 1. The van der Waals surface area contributed by atoms with E-state index >= 15 is 0 Å². The Labute approximate surface area is 108 Å². The maximum absolute atomic E-state index is 12.0. The van der Waals surface area contributed by atoms with Crippen LogP contribution in [0.2, 0.25) is 0 Å². The van der Waals surface area contributed by atoms with E-state index < -0.39 is 11.4 Å². The summed E-state index contributed by atoms with van der Waals surface area (Å²) in [7, 11) is 0. The third kappa shape index (κ3) is 2.60. The molecule has 2 N–H and O–H groups in total. The van der Waals surface area contributed by atoms with Gasteiger partial charge in [0.15, 0.2) is 0 Å². The Morgan fingerprint density at radius 2 is 2.16 bits per heavy atom. The van der Waals surface area contributed by atoms with Gasteiger partial charge in [-0.2, -0.15) is 0 Å². The van der Waals surface area contributed by atoms with Crippen molar-refractivity contribution in [2.75, 3.05) is 0 Å². The number of aromatic carboxylic acids is 1. The van der Waals surface area contributed by atoms with E-state index in [-0.39, 0.29) is 5.56 Å². The highest BCUT2D eigenvalue weighted by Crippen LogP contribution is 2.12. The number of aromatic amines is 1. The van der Waals surface area contributed by atoms with Crippen LogP contribution in [0, 0.1) is 0 Å². The van der Waals surface area contributed by atoms with Gasteiger partial charge in [0.1, 0.15) is 11.8 Å². The van der Waals surface area contributed by atoms with E-state index in [0.29, 0.717) is 17.3 Å². The lowest BCUT2D eigenvalue weighted by Crippen LogP contribution is -2.15. The number of hydrogen-bond donors (Lipinski definition) is 2. The monoisotopic (exact) mass is 257 g/mol. The molecule has 1 heterocycles. The van der Waals surface area contributed by atoms with Crippen molar-refractivity contribution in [2.45, 2.75) is 6.42 Å². The molecule has 5 heteroatoms. The molecule has 0 aliphatic heterocycles. The van der Waals surface area contributed by atoms with Gasteiger partial charge in [0.2, 0.25) is 5.43 Å². The van der Waals surface area contributed by atoms with Crippen LogP contribution < -0.4 is 5.43 Å². The second kappa shape index (κ2) is 5.30. The van der Waals surface area contributed by atoms with Gasteiger partial charge in [-0.1, -0.05) is 18.2 Å². The summed E-state index contributed by atoms with van der Waals surface area (Å²) in [4.78, 5) is 35.8. The number of aldehydes is 1. The second-order valence-corrected chi connectivity index (χ2v) is 3.95. The summed E-state index contributed by atoms with van der Waals surface area (Å²) in [6.07, 6.45) is 5.63. The van der Waals surface area contributed by atoms with E-state index in [0.717, 1.165) is 11.8 Å². The summed E-state index contributed by atoms with van der Waals surface area (Å²) < 4.78 is 0. The highest BCUT2D eigenvalue weighted by Gasteiger charge is 2.11. The second-order valence-electron chi connectivity index (χ2n) is 3.95. The summed E-state index contributed by atoms with van der Waals surface area (Å²) in [6.45, 7) is 0. The molecular formula is C14H11NO4. The summed E-state index contributed by atoms with van der Waals surface area (Å²) in [5, 5.41) is 9.21. The van der Waals surface area contributed by atoms with Crippen molar-refractivity contribution in [1.82, 2.24) is 4.98 Å². The van der Waals surface area contributed by atoms with Crippen molar-refractivity contribution < 1.29 is 14.7 Å². The van der Waals surface area contributed by atoms with Crippen LogP contribution in [0.5, 0.6) is 0 Å². The Morgan fingerprint density at radius 3 is 2.84 bits per heavy atom. The number of carboxylic acid groups (broad SMARTS) is 1. The number of allylic oxidation sites excluding steroid dienone is 1. The van der Waals surface area contributed by atoms with Gasteiger partial charge in [-0.05, 0) is 17.7 Å². The minimum atomic E-state index is -1.26. The number of carboxylic acids is 1. The van der Waals surface area contributed by atoms with Crippen LogP contribution in [0.4, 0.5) is 0 Å². The molecular weight excluding hydrogens is 246 g/mol. The molecule has 1 aromatic carbocycles. The molecule has 0 saturated carbocycles. The number of nitrogens with one attached hydrogen (secondary N) is 1. The molecule has 1 aromatic heterocycles. The maximum atomic E-state index is 12.0. The third-order valence-corrected chi connectivity index (χ3v) is 2.68. The zero-order valence-corrected chi connectivity index (χ0v) is 9.92. The molecule has 0 atom stereocenters. The Balaban J connectivity index is 2.57. The Hall–Kier alpha value is -2.69. The normalized spacial score (nSPS) is 10.9. The van der Waals surface area contributed by atoms with Crippen molar-refractivity contribution in [3.8, 4) is 0 Å². The van der Waals surface area contributed by atoms with E-state index in [4.69, 9.17) is 5.11 Å². The van der Waals surface area contributed by atoms with Crippen LogP contribution in [0.3, 0.4) is 0 Å². The molecule has 0 amide bonds. The van der Waals surface area contributed by atoms with Crippen LogP contribution in [-0.2, 0) is 4.79 Å². The SMILES string of the molecule is O=CCC=Cc1ccc2[nH]cc(C(=O)O)c(=O)c2c1. The van der Waals surface area contributed by atoms with Gasteiger partial charge in [0.25, 0.3) is 0 Å². The molecule has 96 valence electrons. The molecule has 0 radical (unpaired) electrons. The molecule has 0 spiro atoms. The lowest BCUT2D eigenvalue weighted by atomic mass is 10.1. The lowest BCUT2D eigenvalue weighted by Gasteiger charge is -2.01. The Morgan fingerprint density at radius 1 is 1.37 bits per heavy atom. The summed E-state index contributed by atoms with van der Waals surface area (Å²) >= 11 is 0. The first-order valence-corrected chi connectivity index (χ1v) is 5.62. The number of aromatic nitrogens is 1. The van der Waals surface area contributed by atoms with Gasteiger partial charge in [-0.15, -0.1) is 0 Å². The molecule has 0 bridgehead atoms. The number of carbonyl (C=O) groups is 2. The van der Waals surface area contributed by atoms with Crippen molar-refractivity contribution in [3.63, 3.8) is 0 Å². The minimum Gasteiger partial charge on any atom is -0.477 e. The minimum absolute atomic E-state index is 0.290. The predicted molar refractivity (Wildman–Crippen MR) is 71.2 cm³/mol. The van der Waals surface area contributed by atoms with E-state index in [2.05, 4.69) is 4.98 Å². The van der Waals surface area contributed by atoms with Crippen molar-refractivity contribution >= 4 is 29.2 Å². The number of rotatable bonds is 4. The molecule has 19 heavy (non-hydrogen) atoms. The van der Waals surface area contributed by atoms with Gasteiger partial charge in [-0.25, -0.2) is 4.79 Å². The summed E-state index contributed by atoms with van der Waals surface area (Å²) in [5.41, 5.74) is 0.498. The van der Waals surface area contributed by atoms with E-state index in [1.54, 1.807) is 30.4 Å². The topological polar surface area (TPSA) is 87.2 Å². The zero-order valence-electron chi connectivity index (χ0n) is 9.92. The molecule has 0 aliphatic carbocycles. The number of fused-ring (bicyclic) bond motifs is 1. The van der Waals surface area contributed by atoms with Crippen molar-refractivity contribution in [2.24, 2.45) is 0 Å². The van der Waals surface area contributed by atoms with Gasteiger partial charge >= 0.3 is 5.97 Å². The molecule has 0 fully saturated rings. The summed E-state index contributed by atoms with van der Waals surface area (Å²) in [6, 6.07) is 5.07. The number of benzene rings is 1. The average Bonchev–Trinajstić information content (AvgIpc) is 2.39. The third-order valence-electron chi connectivity index (χ3n) is 2.68. The lowest BCUT2D eigenvalue weighted by molar-refractivity contribution is -0.107. The standard InChI is InChI=1S/C14H11NO4/c16-6-2-1-3-9-4-5-12-10(7-9)13(17)11(8-15-12)14(18)19/h1,3-8H,2H2,(H,15,17)(H,18,19). The number of H-pyrrole nitrogens is 1. The van der Waals surface area contributed by atoms with E-state index in [9.17, 15) is 14.4 Å². The predicted octanol–water partition coefficient (Wildman–Crippen LogP) is 1.83. The molecule has 0 unspecified atom stereocenters. The first kappa shape index (κ1) is 12.8. The van der Waals surface area contributed by atoms with Gasteiger partial charge < -0.3 is 14.9 Å². The smallest absolute Gasteiger partial charge is 0.341 e. The zero-order chi connectivity index (χ0) is 13.8. The van der Waals surface area contributed by atoms with Crippen molar-refractivity contribution in [1.29, 1.82) is 0 Å². The fraction of sp³-hybridized carbons (Fsp3) is 0.0714. The fourth-order valence-electron chi connectivity index (χ4n) is 1.76. The van der Waals surface area contributed by atoms with Crippen LogP contribution in [0.25, 0.3) is 17.0 Å². The van der Waals surface area contributed by atoms with Gasteiger partial charge in [-0.3, -0.25) is 4.79 Å². The Kier molecular flexibility index (Phi) is 3.56. The van der Waals surface area contributed by atoms with Crippen LogP contribution in [-0.4, -0.2) is 22.3 Å². The molecule has 0 aliphatic rings. The van der Waals surface area contributed by atoms with Crippen LogP contribution in [0.1, 0.15) is 22.3 Å². The average molecular weight is 257 g/mol. The quantitative estimate of drug-likeness (QED) is 0.818. The maximum Gasteiger partial charge on any atom is 0.341 e. The molecule has 0 saturated heterocycles. The molecule has 2 rings (SSSR count). The fourth-order valence-corrected chi connectivity index (χ4v) is 1.76. The first-order valence-electron chi connectivity index (χ1n) is 5.62. The van der Waals surface area contributed by atoms with E-state index in [1.807, 2.05) is 0 Å². The molecule has 2 aromatic rings. The Bertz CT molecular complexity index is 728. The van der Waals surface area contributed by atoms with Gasteiger partial charge in [0.05, 0.1) is 0 Å². The molecule has 5 nitrogen and oxygen atoms in total. The highest BCUT2D eigenvalue weighted by atomic mass is 16.4. The van der Waals surface area contributed by atoms with Crippen molar-refractivity contribution in [3.05, 3.63) is 51.8 Å². The first-order chi connectivity index (χ1) is 9.13. The van der Waals surface area contributed by atoms with Gasteiger partial charge in [0, 0.05) is 23.5 Å².